The number of anilines is 1. The number of fused-ring (bicyclic) bond motifs is 2. The molecule has 0 fully saturated rings. The van der Waals surface area contributed by atoms with E-state index in [2.05, 4.69) is 15.3 Å². The zero-order valence-corrected chi connectivity index (χ0v) is 16.0. The summed E-state index contributed by atoms with van der Waals surface area (Å²) in [4.78, 5) is 43.4. The Morgan fingerprint density at radius 3 is 2.48 bits per heavy atom. The summed E-state index contributed by atoms with van der Waals surface area (Å²) in [5.74, 6) is -0.960. The van der Waals surface area contributed by atoms with Crippen LogP contribution < -0.4 is 16.6 Å². The molecule has 0 saturated carbocycles. The Kier molecular flexibility index (Phi) is 3.75. The SMILES string of the molecule is Cn1c(=O)[nH]c(=O)c2c(C3C(=O)Nc4ccccc43)c(-c3ccccc3Cl)[nH]c21. The molecule has 0 aliphatic carbocycles. The molecule has 0 spiro atoms. The molecule has 0 saturated heterocycles. The highest BCUT2D eigenvalue weighted by atomic mass is 35.5. The van der Waals surface area contributed by atoms with E-state index in [9.17, 15) is 14.4 Å². The summed E-state index contributed by atoms with van der Waals surface area (Å²) in [6.45, 7) is 0. The van der Waals surface area contributed by atoms with Gasteiger partial charge in [0.1, 0.15) is 5.65 Å². The lowest BCUT2D eigenvalue weighted by atomic mass is 9.89. The van der Waals surface area contributed by atoms with Crippen molar-refractivity contribution >= 4 is 34.2 Å². The van der Waals surface area contributed by atoms with Crippen LogP contribution in [-0.4, -0.2) is 20.4 Å². The zero-order chi connectivity index (χ0) is 20.3. The second-order valence-electron chi connectivity index (χ2n) is 6.94. The molecule has 3 heterocycles. The molecule has 7 nitrogen and oxygen atoms in total. The standard InChI is InChI=1S/C21H15ClN4O3/c1-26-18-16(20(28)25-21(26)29)15(17(24-18)10-6-2-4-8-12(10)22)14-11-7-3-5-9-13(11)23-19(14)27/h2-9,14,24H,1H3,(H,23,27)(H,25,28,29). The molecule has 1 unspecified atom stereocenters. The largest absolute Gasteiger partial charge is 0.340 e. The van der Waals surface area contributed by atoms with E-state index >= 15 is 0 Å². The van der Waals surface area contributed by atoms with Crippen LogP contribution in [0.15, 0.2) is 58.1 Å². The van der Waals surface area contributed by atoms with Crippen LogP contribution in [0.3, 0.4) is 0 Å². The van der Waals surface area contributed by atoms with Crippen LogP contribution in [0.2, 0.25) is 5.02 Å². The van der Waals surface area contributed by atoms with E-state index in [0.717, 1.165) is 5.56 Å². The van der Waals surface area contributed by atoms with Gasteiger partial charge in [-0.15, -0.1) is 0 Å². The number of carbonyl (C=O) groups is 1. The third-order valence-corrected chi connectivity index (χ3v) is 5.66. The van der Waals surface area contributed by atoms with Crippen LogP contribution in [0.4, 0.5) is 5.69 Å². The Morgan fingerprint density at radius 1 is 0.966 bits per heavy atom. The van der Waals surface area contributed by atoms with Gasteiger partial charge in [0.25, 0.3) is 5.56 Å². The summed E-state index contributed by atoms with van der Waals surface area (Å²) in [6, 6.07) is 14.5. The number of benzene rings is 2. The van der Waals surface area contributed by atoms with E-state index in [1.165, 1.54) is 4.57 Å². The lowest BCUT2D eigenvalue weighted by molar-refractivity contribution is -0.116. The molecule has 2 aromatic carbocycles. The number of nitrogens with zero attached hydrogens (tertiary/aromatic N) is 1. The lowest BCUT2D eigenvalue weighted by Gasteiger charge is -2.12. The monoisotopic (exact) mass is 406 g/mol. The number of H-pyrrole nitrogens is 2. The van der Waals surface area contributed by atoms with Gasteiger partial charge >= 0.3 is 5.69 Å². The molecule has 29 heavy (non-hydrogen) atoms. The molecular formula is C21H15ClN4O3. The van der Waals surface area contributed by atoms with Gasteiger partial charge in [0, 0.05) is 28.9 Å². The van der Waals surface area contributed by atoms with Crippen molar-refractivity contribution in [2.24, 2.45) is 7.05 Å². The van der Waals surface area contributed by atoms with Gasteiger partial charge < -0.3 is 10.3 Å². The van der Waals surface area contributed by atoms with Gasteiger partial charge in [-0.3, -0.25) is 19.1 Å². The second kappa shape index (κ2) is 6.22. The molecule has 1 atom stereocenters. The molecule has 1 aliphatic rings. The fourth-order valence-electron chi connectivity index (χ4n) is 3.99. The predicted octanol–water partition coefficient (Wildman–Crippen LogP) is 2.96. The first-order chi connectivity index (χ1) is 14.0. The number of aromatic nitrogens is 3. The molecule has 1 amide bonds. The maximum absolute atomic E-state index is 13.0. The summed E-state index contributed by atoms with van der Waals surface area (Å²) in [5, 5.41) is 3.60. The molecule has 1 aliphatic heterocycles. The van der Waals surface area contributed by atoms with E-state index < -0.39 is 17.2 Å². The van der Waals surface area contributed by atoms with Crippen LogP contribution in [0.25, 0.3) is 22.3 Å². The normalized spacial score (nSPS) is 15.5. The maximum atomic E-state index is 13.0. The number of aromatic amines is 2. The first-order valence-corrected chi connectivity index (χ1v) is 9.34. The van der Waals surface area contributed by atoms with E-state index in [1.807, 2.05) is 36.4 Å². The minimum atomic E-state index is -0.718. The fourth-order valence-corrected chi connectivity index (χ4v) is 4.22. The molecular weight excluding hydrogens is 392 g/mol. The topological polar surface area (TPSA) is 99.8 Å². The van der Waals surface area contributed by atoms with E-state index in [0.29, 0.717) is 33.2 Å². The zero-order valence-electron chi connectivity index (χ0n) is 15.2. The van der Waals surface area contributed by atoms with E-state index in [1.54, 1.807) is 19.2 Å². The molecule has 3 N–H and O–H groups in total. The van der Waals surface area contributed by atoms with Crippen LogP contribution in [0.1, 0.15) is 17.0 Å². The van der Waals surface area contributed by atoms with Crippen LogP contribution in [0, 0.1) is 0 Å². The number of amides is 1. The summed E-state index contributed by atoms with van der Waals surface area (Å²) in [5.41, 5.74) is 2.37. The second-order valence-corrected chi connectivity index (χ2v) is 7.35. The van der Waals surface area contributed by atoms with Crippen molar-refractivity contribution in [3.8, 4) is 11.3 Å². The van der Waals surface area contributed by atoms with Gasteiger partial charge in [0.15, 0.2) is 0 Å². The van der Waals surface area contributed by atoms with Gasteiger partial charge in [0.05, 0.1) is 17.0 Å². The summed E-state index contributed by atoms with van der Waals surface area (Å²) in [7, 11) is 1.56. The van der Waals surface area contributed by atoms with Gasteiger partial charge in [0.2, 0.25) is 5.91 Å². The van der Waals surface area contributed by atoms with Crippen molar-refractivity contribution in [1.82, 2.24) is 14.5 Å². The molecule has 5 rings (SSSR count). The molecule has 2 aromatic heterocycles. The third kappa shape index (κ3) is 2.48. The quantitative estimate of drug-likeness (QED) is 0.477. The predicted molar refractivity (Wildman–Crippen MR) is 112 cm³/mol. The molecule has 144 valence electrons. The summed E-state index contributed by atoms with van der Waals surface area (Å²) >= 11 is 6.44. The number of halogens is 1. The highest BCUT2D eigenvalue weighted by molar-refractivity contribution is 6.33. The summed E-state index contributed by atoms with van der Waals surface area (Å²) < 4.78 is 1.32. The molecule has 0 bridgehead atoms. The minimum Gasteiger partial charge on any atom is -0.340 e. The lowest BCUT2D eigenvalue weighted by Crippen LogP contribution is -2.28. The Hall–Kier alpha value is -3.58. The Balaban J connectivity index is 1.95. The average Bonchev–Trinajstić information content (AvgIpc) is 3.24. The van der Waals surface area contributed by atoms with E-state index in [4.69, 9.17) is 11.6 Å². The number of aryl methyl sites for hydroxylation is 1. The van der Waals surface area contributed by atoms with Gasteiger partial charge in [-0.1, -0.05) is 48.0 Å². The summed E-state index contributed by atoms with van der Waals surface area (Å²) in [6.07, 6.45) is 0. The van der Waals surface area contributed by atoms with Crippen LogP contribution in [0.5, 0.6) is 0 Å². The number of rotatable bonds is 2. The third-order valence-electron chi connectivity index (χ3n) is 5.33. The maximum Gasteiger partial charge on any atom is 0.329 e. The van der Waals surface area contributed by atoms with Crippen molar-refractivity contribution in [2.75, 3.05) is 5.32 Å². The van der Waals surface area contributed by atoms with Gasteiger partial charge in [-0.05, 0) is 17.7 Å². The Bertz CT molecular complexity index is 1430. The van der Waals surface area contributed by atoms with Gasteiger partial charge in [-0.25, -0.2) is 4.79 Å². The van der Waals surface area contributed by atoms with Gasteiger partial charge in [-0.2, -0.15) is 0 Å². The van der Waals surface area contributed by atoms with Crippen LogP contribution in [-0.2, 0) is 11.8 Å². The van der Waals surface area contributed by atoms with Crippen molar-refractivity contribution in [1.29, 1.82) is 0 Å². The van der Waals surface area contributed by atoms with Crippen molar-refractivity contribution in [3.63, 3.8) is 0 Å². The van der Waals surface area contributed by atoms with Crippen molar-refractivity contribution < 1.29 is 4.79 Å². The number of hydrogen-bond acceptors (Lipinski definition) is 3. The Morgan fingerprint density at radius 2 is 1.69 bits per heavy atom. The number of hydrogen-bond donors (Lipinski definition) is 3. The minimum absolute atomic E-state index is 0.242. The Labute approximate surface area is 169 Å². The van der Waals surface area contributed by atoms with Crippen molar-refractivity contribution in [3.05, 3.63) is 85.5 Å². The number of para-hydroxylation sites is 1. The average molecular weight is 407 g/mol. The first-order valence-electron chi connectivity index (χ1n) is 8.97. The highest BCUT2D eigenvalue weighted by Gasteiger charge is 2.37. The molecule has 0 radical (unpaired) electrons. The van der Waals surface area contributed by atoms with Crippen molar-refractivity contribution in [2.45, 2.75) is 5.92 Å². The number of nitrogens with one attached hydrogen (secondary N) is 3. The van der Waals surface area contributed by atoms with Crippen LogP contribution >= 0.6 is 11.6 Å². The fraction of sp³-hybridized carbons (Fsp3) is 0.0952. The smallest absolute Gasteiger partial charge is 0.329 e. The molecule has 8 heteroatoms. The van der Waals surface area contributed by atoms with E-state index in [-0.39, 0.29) is 11.3 Å². The number of carbonyl (C=O) groups excluding carboxylic acids is 1. The molecule has 4 aromatic rings. The highest BCUT2D eigenvalue weighted by Crippen LogP contribution is 2.44. The first kappa shape index (κ1) is 17.5.